The van der Waals surface area contributed by atoms with E-state index < -0.39 is 6.43 Å². The molecule has 3 rings (SSSR count). The summed E-state index contributed by atoms with van der Waals surface area (Å²) in [4.78, 5) is 22.6. The highest BCUT2D eigenvalue weighted by Gasteiger charge is 2.22. The summed E-state index contributed by atoms with van der Waals surface area (Å²) < 4.78 is 27.0. The van der Waals surface area contributed by atoms with E-state index in [0.29, 0.717) is 43.9 Å². The third kappa shape index (κ3) is 5.65. The van der Waals surface area contributed by atoms with Crippen LogP contribution in [0.15, 0.2) is 48.8 Å². The van der Waals surface area contributed by atoms with E-state index in [9.17, 15) is 13.6 Å². The Balaban J connectivity index is 1.76. The number of carbonyl (C=O) groups is 1. The molecule has 2 heterocycles. The lowest BCUT2D eigenvalue weighted by Gasteiger charge is -2.36. The van der Waals surface area contributed by atoms with Gasteiger partial charge in [0.2, 0.25) is 5.91 Å². The van der Waals surface area contributed by atoms with Crippen molar-refractivity contribution in [2.45, 2.75) is 13.0 Å². The molecule has 2 N–H and O–H groups in total. The van der Waals surface area contributed by atoms with Gasteiger partial charge in [-0.3, -0.25) is 9.78 Å². The van der Waals surface area contributed by atoms with Crippen LogP contribution < -0.4 is 10.6 Å². The lowest BCUT2D eigenvalue weighted by Crippen LogP contribution is -2.48. The smallest absolute Gasteiger partial charge is 0.264 e. The molecular weight excluding hydrogens is 400 g/mol. The molecule has 1 aromatic carbocycles. The van der Waals surface area contributed by atoms with Crippen LogP contribution in [0.4, 0.5) is 14.5 Å². The summed E-state index contributed by atoms with van der Waals surface area (Å²) in [5, 5.41) is 0. The lowest BCUT2D eigenvalue weighted by atomic mass is 9.98. The van der Waals surface area contributed by atoms with Crippen LogP contribution in [-0.2, 0) is 11.3 Å². The number of piperazine rings is 1. The molecule has 1 amide bonds. The second-order valence-electron chi connectivity index (χ2n) is 7.79. The van der Waals surface area contributed by atoms with E-state index in [1.165, 1.54) is 6.07 Å². The second kappa shape index (κ2) is 10.5. The Morgan fingerprint density at radius 2 is 1.97 bits per heavy atom. The van der Waals surface area contributed by atoms with Crippen LogP contribution in [0.5, 0.6) is 0 Å². The van der Waals surface area contributed by atoms with Gasteiger partial charge in [-0.1, -0.05) is 18.2 Å². The standard InChI is InChI=1S/C23H29F2N5O/c1-28(2)9-3-4-22(31)30-12-10-29(11-13-30)21-16-27-8-7-19(21)17-5-6-18(15-26)20(14-17)23(24)25/h3-8,14,16,23H,9-13,15,26H2,1-2H3/b4-3+. The van der Waals surface area contributed by atoms with E-state index in [2.05, 4.69) is 9.88 Å². The average Bonchev–Trinajstić information content (AvgIpc) is 2.78. The van der Waals surface area contributed by atoms with E-state index in [-0.39, 0.29) is 18.0 Å². The number of nitrogens with two attached hydrogens (primary N) is 1. The number of nitrogens with zero attached hydrogens (tertiary/aromatic N) is 4. The van der Waals surface area contributed by atoms with Gasteiger partial charge in [-0.05, 0) is 37.4 Å². The molecule has 0 unspecified atom stereocenters. The summed E-state index contributed by atoms with van der Waals surface area (Å²) in [5.41, 5.74) is 8.44. The number of aromatic nitrogens is 1. The molecule has 1 aromatic heterocycles. The van der Waals surface area contributed by atoms with Gasteiger partial charge in [0.1, 0.15) is 0 Å². The highest BCUT2D eigenvalue weighted by atomic mass is 19.3. The van der Waals surface area contributed by atoms with Crippen molar-refractivity contribution in [2.75, 3.05) is 51.7 Å². The van der Waals surface area contributed by atoms with Gasteiger partial charge in [-0.2, -0.15) is 0 Å². The number of amides is 1. The van der Waals surface area contributed by atoms with Crippen molar-refractivity contribution in [1.29, 1.82) is 0 Å². The largest absolute Gasteiger partial charge is 0.366 e. The summed E-state index contributed by atoms with van der Waals surface area (Å²) >= 11 is 0. The Kier molecular flexibility index (Phi) is 7.70. The summed E-state index contributed by atoms with van der Waals surface area (Å²) in [5.74, 6) is 0.00635. The molecule has 1 aliphatic heterocycles. The van der Waals surface area contributed by atoms with Crippen molar-refractivity contribution in [3.05, 3.63) is 59.9 Å². The molecule has 0 atom stereocenters. The zero-order chi connectivity index (χ0) is 22.4. The van der Waals surface area contributed by atoms with Gasteiger partial charge < -0.3 is 20.4 Å². The van der Waals surface area contributed by atoms with E-state index >= 15 is 0 Å². The molecule has 166 valence electrons. The van der Waals surface area contributed by atoms with Crippen molar-refractivity contribution in [3.8, 4) is 11.1 Å². The number of pyridine rings is 1. The number of hydrogen-bond acceptors (Lipinski definition) is 5. The molecule has 1 fully saturated rings. The number of benzene rings is 1. The third-order valence-corrected chi connectivity index (χ3v) is 5.37. The zero-order valence-electron chi connectivity index (χ0n) is 18.0. The maximum Gasteiger partial charge on any atom is 0.264 e. The van der Waals surface area contributed by atoms with Gasteiger partial charge in [-0.25, -0.2) is 8.78 Å². The van der Waals surface area contributed by atoms with Crippen LogP contribution in [0.3, 0.4) is 0 Å². The van der Waals surface area contributed by atoms with Gasteiger partial charge in [0.05, 0.1) is 11.9 Å². The molecule has 31 heavy (non-hydrogen) atoms. The minimum absolute atomic E-state index is 0.00635. The average molecular weight is 430 g/mol. The van der Waals surface area contributed by atoms with Gasteiger partial charge in [0, 0.05) is 62.7 Å². The highest BCUT2D eigenvalue weighted by Crippen LogP contribution is 2.34. The predicted octanol–water partition coefficient (Wildman–Crippen LogP) is 2.91. The summed E-state index contributed by atoms with van der Waals surface area (Å²) in [7, 11) is 3.90. The van der Waals surface area contributed by atoms with Crippen LogP contribution >= 0.6 is 0 Å². The molecule has 2 aromatic rings. The number of hydrogen-bond donors (Lipinski definition) is 1. The Labute approximate surface area is 182 Å². The predicted molar refractivity (Wildman–Crippen MR) is 119 cm³/mol. The minimum atomic E-state index is -2.58. The molecule has 1 aliphatic rings. The van der Waals surface area contributed by atoms with Gasteiger partial charge >= 0.3 is 0 Å². The van der Waals surface area contributed by atoms with E-state index in [4.69, 9.17) is 5.73 Å². The third-order valence-electron chi connectivity index (χ3n) is 5.37. The van der Waals surface area contributed by atoms with Crippen molar-refractivity contribution >= 4 is 11.6 Å². The lowest BCUT2D eigenvalue weighted by molar-refractivity contribution is -0.126. The number of carbonyl (C=O) groups excluding carboxylic acids is 1. The number of anilines is 1. The number of rotatable bonds is 7. The first-order chi connectivity index (χ1) is 14.9. The molecule has 8 heteroatoms. The normalized spacial score (nSPS) is 14.8. The summed E-state index contributed by atoms with van der Waals surface area (Å²) in [6.07, 6.45) is 4.31. The van der Waals surface area contributed by atoms with Gasteiger partial charge in [0.25, 0.3) is 6.43 Å². The topological polar surface area (TPSA) is 65.7 Å². The fourth-order valence-electron chi connectivity index (χ4n) is 3.67. The first-order valence-electron chi connectivity index (χ1n) is 10.3. The van der Waals surface area contributed by atoms with Gasteiger partial charge in [0.15, 0.2) is 0 Å². The molecule has 6 nitrogen and oxygen atoms in total. The Morgan fingerprint density at radius 3 is 2.61 bits per heavy atom. The number of alkyl halides is 2. The molecule has 1 saturated heterocycles. The molecule has 0 saturated carbocycles. The van der Waals surface area contributed by atoms with Crippen LogP contribution in [-0.4, -0.2) is 67.5 Å². The molecule has 0 radical (unpaired) electrons. The number of halogens is 2. The van der Waals surface area contributed by atoms with Crippen molar-refractivity contribution in [3.63, 3.8) is 0 Å². The highest BCUT2D eigenvalue weighted by molar-refractivity contribution is 5.88. The van der Waals surface area contributed by atoms with Crippen LogP contribution in [0.1, 0.15) is 17.6 Å². The zero-order valence-corrected chi connectivity index (χ0v) is 18.0. The quantitative estimate of drug-likeness (QED) is 0.686. The fraction of sp³-hybridized carbons (Fsp3) is 0.391. The first kappa shape index (κ1) is 22.8. The molecule has 0 bridgehead atoms. The maximum absolute atomic E-state index is 13.5. The van der Waals surface area contributed by atoms with E-state index in [1.807, 2.05) is 42.1 Å². The summed E-state index contributed by atoms with van der Waals surface area (Å²) in [6.45, 7) is 3.27. The SMILES string of the molecule is CN(C)C/C=C/C(=O)N1CCN(c2cnccc2-c2ccc(CN)c(C(F)F)c2)CC1. The fourth-order valence-corrected chi connectivity index (χ4v) is 3.67. The van der Waals surface area contributed by atoms with Crippen molar-refractivity contribution in [2.24, 2.45) is 5.73 Å². The maximum atomic E-state index is 13.5. The van der Waals surface area contributed by atoms with Crippen LogP contribution in [0.2, 0.25) is 0 Å². The minimum Gasteiger partial charge on any atom is -0.366 e. The van der Waals surface area contributed by atoms with Crippen molar-refractivity contribution < 1.29 is 13.6 Å². The molecule has 0 aliphatic carbocycles. The van der Waals surface area contributed by atoms with E-state index in [0.717, 1.165) is 11.3 Å². The molecule has 0 spiro atoms. The Morgan fingerprint density at radius 1 is 1.23 bits per heavy atom. The first-order valence-corrected chi connectivity index (χ1v) is 10.3. The summed E-state index contributed by atoms with van der Waals surface area (Å²) in [6, 6.07) is 6.84. The molecular formula is C23H29F2N5O. The Bertz CT molecular complexity index is 924. The van der Waals surface area contributed by atoms with Crippen molar-refractivity contribution in [1.82, 2.24) is 14.8 Å². The van der Waals surface area contributed by atoms with E-state index in [1.54, 1.807) is 24.5 Å². The van der Waals surface area contributed by atoms with Gasteiger partial charge in [-0.15, -0.1) is 0 Å². The Hall–Kier alpha value is -2.84. The second-order valence-corrected chi connectivity index (χ2v) is 7.79. The van der Waals surface area contributed by atoms with Crippen LogP contribution in [0.25, 0.3) is 11.1 Å². The monoisotopic (exact) mass is 429 g/mol. The van der Waals surface area contributed by atoms with Crippen LogP contribution in [0, 0.1) is 0 Å². The number of likely N-dealkylation sites (N-methyl/N-ethyl adjacent to an activating group) is 1.